The Labute approximate surface area is 123 Å². The van der Waals surface area contributed by atoms with Gasteiger partial charge in [0.15, 0.2) is 0 Å². The topological polar surface area (TPSA) is 59.1 Å². The lowest BCUT2D eigenvalue weighted by Crippen LogP contribution is -2.28. The number of nitrogens with zero attached hydrogens (tertiary/aromatic N) is 1. The van der Waals surface area contributed by atoms with Gasteiger partial charge in [-0.1, -0.05) is 35.9 Å². The summed E-state index contributed by atoms with van der Waals surface area (Å²) in [5.74, 6) is -0.142. The molecule has 0 saturated carbocycles. The number of halogens is 1. The number of pyridine rings is 1. The zero-order valence-electron chi connectivity index (χ0n) is 11.0. The quantitative estimate of drug-likeness (QED) is 0.923. The van der Waals surface area contributed by atoms with Gasteiger partial charge in [-0.3, -0.25) is 4.98 Å². The maximum atomic E-state index is 12.1. The van der Waals surface area contributed by atoms with Gasteiger partial charge in [0.05, 0.1) is 5.75 Å². The summed E-state index contributed by atoms with van der Waals surface area (Å²) in [6, 6.07) is 10.2. The molecule has 2 aromatic rings. The van der Waals surface area contributed by atoms with E-state index in [1.165, 1.54) is 0 Å². The normalized spacial score (nSPS) is 13.1. The van der Waals surface area contributed by atoms with Crippen LogP contribution >= 0.6 is 11.6 Å². The third-order valence-corrected chi connectivity index (χ3v) is 4.62. The van der Waals surface area contributed by atoms with E-state index < -0.39 is 10.0 Å². The summed E-state index contributed by atoms with van der Waals surface area (Å²) in [5.41, 5.74) is 1.40. The summed E-state index contributed by atoms with van der Waals surface area (Å²) in [5, 5.41) is 0.451. The first-order valence-electron chi connectivity index (χ1n) is 6.11. The van der Waals surface area contributed by atoms with Crippen molar-refractivity contribution in [3.8, 4) is 0 Å². The van der Waals surface area contributed by atoms with Crippen molar-refractivity contribution in [3.63, 3.8) is 0 Å². The summed E-state index contributed by atoms with van der Waals surface area (Å²) in [6.07, 6.45) is 3.29. The van der Waals surface area contributed by atoms with Gasteiger partial charge in [0.25, 0.3) is 0 Å². The van der Waals surface area contributed by atoms with Crippen LogP contribution in [0, 0.1) is 0 Å². The van der Waals surface area contributed by atoms with Crippen molar-refractivity contribution >= 4 is 21.6 Å². The van der Waals surface area contributed by atoms with Crippen molar-refractivity contribution in [2.75, 3.05) is 0 Å². The molecule has 0 aliphatic heterocycles. The molecule has 0 saturated heterocycles. The minimum absolute atomic E-state index is 0.142. The summed E-state index contributed by atoms with van der Waals surface area (Å²) < 4.78 is 26.9. The van der Waals surface area contributed by atoms with Gasteiger partial charge in [0.1, 0.15) is 0 Å². The van der Waals surface area contributed by atoms with Crippen molar-refractivity contribution in [2.45, 2.75) is 18.7 Å². The van der Waals surface area contributed by atoms with Crippen LogP contribution in [0.4, 0.5) is 0 Å². The van der Waals surface area contributed by atoms with Gasteiger partial charge in [-0.15, -0.1) is 0 Å². The first-order valence-corrected chi connectivity index (χ1v) is 8.14. The molecule has 1 N–H and O–H groups in total. The van der Waals surface area contributed by atoms with E-state index >= 15 is 0 Å². The number of benzene rings is 1. The Hall–Kier alpha value is -1.43. The Morgan fingerprint density at radius 3 is 2.65 bits per heavy atom. The van der Waals surface area contributed by atoms with Crippen molar-refractivity contribution in [1.29, 1.82) is 0 Å². The molecule has 4 nitrogen and oxygen atoms in total. The second kappa shape index (κ2) is 6.35. The molecule has 0 bridgehead atoms. The van der Waals surface area contributed by atoms with Crippen LogP contribution in [0.1, 0.15) is 24.1 Å². The molecule has 0 amide bonds. The molecular weight excluding hydrogens is 296 g/mol. The zero-order chi connectivity index (χ0) is 14.6. The van der Waals surface area contributed by atoms with Gasteiger partial charge in [-0.25, -0.2) is 13.1 Å². The van der Waals surface area contributed by atoms with E-state index in [2.05, 4.69) is 9.71 Å². The average Bonchev–Trinajstić information content (AvgIpc) is 2.41. The highest BCUT2D eigenvalue weighted by molar-refractivity contribution is 7.88. The number of hydrogen-bond donors (Lipinski definition) is 1. The van der Waals surface area contributed by atoms with Crippen LogP contribution in [0.2, 0.25) is 5.02 Å². The van der Waals surface area contributed by atoms with Gasteiger partial charge < -0.3 is 0 Å². The molecule has 0 unspecified atom stereocenters. The van der Waals surface area contributed by atoms with Gasteiger partial charge >= 0.3 is 0 Å². The Morgan fingerprint density at radius 2 is 2.00 bits per heavy atom. The van der Waals surface area contributed by atoms with E-state index in [1.807, 2.05) is 6.07 Å². The lowest BCUT2D eigenvalue weighted by Gasteiger charge is -2.14. The highest BCUT2D eigenvalue weighted by atomic mass is 35.5. The Kier molecular flexibility index (Phi) is 4.75. The fourth-order valence-electron chi connectivity index (χ4n) is 1.83. The molecule has 1 heterocycles. The smallest absolute Gasteiger partial charge is 0.216 e. The summed E-state index contributed by atoms with van der Waals surface area (Å²) in [4.78, 5) is 3.98. The fraction of sp³-hybridized carbons (Fsp3) is 0.214. The highest BCUT2D eigenvalue weighted by Gasteiger charge is 2.17. The molecule has 1 aromatic heterocycles. The third kappa shape index (κ3) is 4.03. The number of aromatic nitrogens is 1. The second-order valence-electron chi connectivity index (χ2n) is 4.48. The Balaban J connectivity index is 2.10. The number of nitrogens with one attached hydrogen (secondary N) is 1. The van der Waals surface area contributed by atoms with Crippen LogP contribution in [-0.4, -0.2) is 13.4 Å². The molecule has 1 aromatic carbocycles. The molecule has 0 radical (unpaired) electrons. The van der Waals surface area contributed by atoms with Crippen LogP contribution in [0.5, 0.6) is 0 Å². The number of rotatable bonds is 5. The van der Waals surface area contributed by atoms with E-state index in [0.717, 1.165) is 5.56 Å². The van der Waals surface area contributed by atoms with Crippen molar-refractivity contribution in [1.82, 2.24) is 9.71 Å². The molecule has 20 heavy (non-hydrogen) atoms. The molecular formula is C14H15ClN2O2S. The van der Waals surface area contributed by atoms with Gasteiger partial charge in [-0.05, 0) is 30.2 Å². The highest BCUT2D eigenvalue weighted by Crippen LogP contribution is 2.19. The largest absolute Gasteiger partial charge is 0.264 e. The predicted octanol–water partition coefficient (Wildman–Crippen LogP) is 2.92. The van der Waals surface area contributed by atoms with Crippen molar-refractivity contribution < 1.29 is 8.42 Å². The summed E-state index contributed by atoms with van der Waals surface area (Å²) in [7, 11) is -3.47. The fourth-order valence-corrected chi connectivity index (χ4v) is 3.53. The van der Waals surface area contributed by atoms with Crippen LogP contribution in [0.25, 0.3) is 0 Å². The Morgan fingerprint density at radius 1 is 1.25 bits per heavy atom. The molecule has 106 valence electrons. The minimum Gasteiger partial charge on any atom is -0.264 e. The van der Waals surface area contributed by atoms with E-state index in [0.29, 0.717) is 10.6 Å². The van der Waals surface area contributed by atoms with E-state index in [9.17, 15) is 8.42 Å². The third-order valence-electron chi connectivity index (χ3n) is 2.84. The van der Waals surface area contributed by atoms with Crippen molar-refractivity contribution in [2.24, 2.45) is 0 Å². The standard InChI is InChI=1S/C14H15ClN2O2S/c1-11(12-6-4-8-16-9-12)17-20(18,19)10-13-5-2-3-7-14(13)15/h2-9,11,17H,10H2,1H3/t11-/m1/s1. The summed E-state index contributed by atoms with van der Waals surface area (Å²) in [6.45, 7) is 1.78. The molecule has 2 rings (SSSR count). The van der Waals surface area contributed by atoms with Crippen LogP contribution < -0.4 is 4.72 Å². The van der Waals surface area contributed by atoms with Crippen molar-refractivity contribution in [3.05, 3.63) is 64.9 Å². The van der Waals surface area contributed by atoms with Gasteiger partial charge in [0, 0.05) is 23.5 Å². The molecule has 0 aliphatic rings. The number of sulfonamides is 1. The maximum Gasteiger partial charge on any atom is 0.216 e. The van der Waals surface area contributed by atoms with Gasteiger partial charge in [0.2, 0.25) is 10.0 Å². The molecule has 0 aliphatic carbocycles. The SMILES string of the molecule is C[C@@H](NS(=O)(=O)Cc1ccccc1Cl)c1cccnc1. The second-order valence-corrected chi connectivity index (χ2v) is 6.64. The number of hydrogen-bond acceptors (Lipinski definition) is 3. The first kappa shape index (κ1) is 15.0. The zero-order valence-corrected chi connectivity index (χ0v) is 12.5. The Bertz CT molecular complexity index is 675. The minimum atomic E-state index is -3.47. The van der Waals surface area contributed by atoms with Crippen LogP contribution in [0.15, 0.2) is 48.8 Å². The molecule has 1 atom stereocenters. The molecule has 0 spiro atoms. The van der Waals surface area contributed by atoms with E-state index in [-0.39, 0.29) is 11.8 Å². The van der Waals surface area contributed by atoms with E-state index in [1.54, 1.807) is 49.6 Å². The maximum absolute atomic E-state index is 12.1. The van der Waals surface area contributed by atoms with Gasteiger partial charge in [-0.2, -0.15) is 0 Å². The molecule has 6 heteroatoms. The molecule has 0 fully saturated rings. The van der Waals surface area contributed by atoms with Crippen LogP contribution in [-0.2, 0) is 15.8 Å². The summed E-state index contributed by atoms with van der Waals surface area (Å²) >= 11 is 5.98. The monoisotopic (exact) mass is 310 g/mol. The van der Waals surface area contributed by atoms with Crippen LogP contribution in [0.3, 0.4) is 0 Å². The lowest BCUT2D eigenvalue weighted by molar-refractivity contribution is 0.565. The lowest BCUT2D eigenvalue weighted by atomic mass is 10.2. The first-order chi connectivity index (χ1) is 9.48. The average molecular weight is 311 g/mol. The predicted molar refractivity (Wildman–Crippen MR) is 79.9 cm³/mol. The van der Waals surface area contributed by atoms with E-state index in [4.69, 9.17) is 11.6 Å².